The van der Waals surface area contributed by atoms with Gasteiger partial charge >= 0.3 is 0 Å². The number of rotatable bonds is 2. The minimum atomic E-state index is -0.467. The lowest BCUT2D eigenvalue weighted by atomic mass is 10.2. The lowest BCUT2D eigenvalue weighted by molar-refractivity contribution is 0.626. The highest BCUT2D eigenvalue weighted by Crippen LogP contribution is 2.27. The van der Waals surface area contributed by atoms with Gasteiger partial charge in [-0.1, -0.05) is 0 Å². The molecule has 0 saturated carbocycles. The molecule has 106 valence electrons. The molecule has 6 nitrogen and oxygen atoms in total. The summed E-state index contributed by atoms with van der Waals surface area (Å²) in [6, 6.07) is 5.98. The minimum Gasteiger partial charge on any atom is -0.369 e. The van der Waals surface area contributed by atoms with Gasteiger partial charge in [0.15, 0.2) is 5.65 Å². The van der Waals surface area contributed by atoms with E-state index in [1.54, 1.807) is 9.25 Å². The number of halogens is 1. The Balaban J connectivity index is 2.40. The Hall–Kier alpha value is -2.88. The second-order valence-corrected chi connectivity index (χ2v) is 4.65. The van der Waals surface area contributed by atoms with Gasteiger partial charge in [0.1, 0.15) is 17.4 Å². The van der Waals surface area contributed by atoms with Crippen molar-refractivity contribution in [3.05, 3.63) is 35.3 Å². The summed E-state index contributed by atoms with van der Waals surface area (Å²) in [5.74, 6) is -0.221. The van der Waals surface area contributed by atoms with Crippen LogP contribution in [0.5, 0.6) is 0 Å². The summed E-state index contributed by atoms with van der Waals surface area (Å²) in [5.41, 5.74) is 8.83. The second-order valence-electron chi connectivity index (χ2n) is 4.65. The van der Waals surface area contributed by atoms with Gasteiger partial charge < -0.3 is 5.73 Å². The Morgan fingerprint density at radius 2 is 2.19 bits per heavy atom. The first-order chi connectivity index (χ1) is 10.1. The van der Waals surface area contributed by atoms with Crippen LogP contribution in [0.4, 0.5) is 10.3 Å². The maximum Gasteiger partial charge on any atom is 0.207 e. The van der Waals surface area contributed by atoms with Crippen molar-refractivity contribution in [2.24, 2.45) is 0 Å². The number of hydrogen-bond donors (Lipinski definition) is 1. The molecule has 21 heavy (non-hydrogen) atoms. The van der Waals surface area contributed by atoms with Crippen molar-refractivity contribution in [3.8, 4) is 11.8 Å². The summed E-state index contributed by atoms with van der Waals surface area (Å²) < 4.78 is 16.7. The van der Waals surface area contributed by atoms with Crippen molar-refractivity contribution >= 4 is 17.1 Å². The van der Waals surface area contributed by atoms with Crippen LogP contribution in [-0.2, 0) is 6.54 Å². The number of nitrogens with two attached hydrogens (primary N) is 1. The number of nitrogen functional groups attached to an aromatic ring is 1. The molecule has 2 N–H and O–H groups in total. The van der Waals surface area contributed by atoms with Crippen LogP contribution < -0.4 is 5.73 Å². The molecular formula is C14H13FN6. The van der Waals surface area contributed by atoms with Crippen LogP contribution in [0.2, 0.25) is 0 Å². The summed E-state index contributed by atoms with van der Waals surface area (Å²) in [6.45, 7) is 4.44. The first kappa shape index (κ1) is 13.1. The molecule has 0 atom stereocenters. The van der Waals surface area contributed by atoms with Gasteiger partial charge in [-0.3, -0.25) is 4.57 Å². The first-order valence-corrected chi connectivity index (χ1v) is 6.48. The summed E-state index contributed by atoms with van der Waals surface area (Å²) >= 11 is 0. The molecule has 0 aliphatic carbocycles. The van der Waals surface area contributed by atoms with Gasteiger partial charge in [0, 0.05) is 6.54 Å². The molecule has 0 amide bonds. The average Bonchev–Trinajstić information content (AvgIpc) is 2.96. The molecule has 0 fully saturated rings. The molecule has 0 unspecified atom stereocenters. The number of benzene rings is 1. The van der Waals surface area contributed by atoms with Gasteiger partial charge in [-0.25, -0.2) is 14.1 Å². The van der Waals surface area contributed by atoms with E-state index in [9.17, 15) is 9.65 Å². The number of nitrogens with zero attached hydrogens (tertiary/aromatic N) is 5. The third-order valence-electron chi connectivity index (χ3n) is 3.36. The molecular weight excluding hydrogens is 271 g/mol. The number of fused-ring (bicyclic) bond motifs is 1. The number of aryl methyl sites for hydroxylation is 2. The van der Waals surface area contributed by atoms with Gasteiger partial charge in [0.05, 0.1) is 16.9 Å². The van der Waals surface area contributed by atoms with Crippen molar-refractivity contribution in [3.63, 3.8) is 0 Å². The zero-order valence-corrected chi connectivity index (χ0v) is 11.6. The first-order valence-electron chi connectivity index (χ1n) is 6.48. The van der Waals surface area contributed by atoms with Gasteiger partial charge in [-0.05, 0) is 32.0 Å². The molecule has 2 aromatic heterocycles. The predicted molar refractivity (Wildman–Crippen MR) is 76.4 cm³/mol. The Morgan fingerprint density at radius 3 is 2.86 bits per heavy atom. The van der Waals surface area contributed by atoms with Crippen molar-refractivity contribution in [1.82, 2.24) is 19.3 Å². The fourth-order valence-corrected chi connectivity index (χ4v) is 2.44. The lowest BCUT2D eigenvalue weighted by Crippen LogP contribution is -2.08. The zero-order chi connectivity index (χ0) is 15.1. The summed E-state index contributed by atoms with van der Waals surface area (Å²) in [6.07, 6.45) is 0. The van der Waals surface area contributed by atoms with E-state index in [0.717, 1.165) is 5.69 Å². The van der Waals surface area contributed by atoms with E-state index in [4.69, 9.17) is 5.73 Å². The van der Waals surface area contributed by atoms with Crippen molar-refractivity contribution < 1.29 is 4.39 Å². The van der Waals surface area contributed by atoms with Crippen LogP contribution >= 0.6 is 0 Å². The normalized spacial score (nSPS) is 11.0. The maximum atomic E-state index is 13.3. The van der Waals surface area contributed by atoms with Crippen LogP contribution in [-0.4, -0.2) is 19.3 Å². The van der Waals surface area contributed by atoms with E-state index in [1.165, 1.54) is 18.2 Å². The van der Waals surface area contributed by atoms with Crippen LogP contribution in [0.1, 0.15) is 18.2 Å². The monoisotopic (exact) mass is 284 g/mol. The molecule has 7 heteroatoms. The highest BCUT2D eigenvalue weighted by atomic mass is 19.1. The molecule has 2 heterocycles. The standard InChI is InChI=1S/C14H13FN6/c1-3-20-13-12(8(2)19-20)18-14(17)21(13)11-5-4-10(15)6-9(11)7-16/h4-6H,3H2,1-2H3,(H2,17,18). The Morgan fingerprint density at radius 1 is 1.43 bits per heavy atom. The fourth-order valence-electron chi connectivity index (χ4n) is 2.44. The van der Waals surface area contributed by atoms with Crippen LogP contribution in [0.3, 0.4) is 0 Å². The van der Waals surface area contributed by atoms with E-state index < -0.39 is 5.82 Å². The average molecular weight is 284 g/mol. The Bertz CT molecular complexity index is 883. The molecule has 3 rings (SSSR count). The number of hydrogen-bond acceptors (Lipinski definition) is 4. The molecule has 0 aliphatic heterocycles. The SMILES string of the molecule is CCn1nc(C)c2nc(N)n(-c3ccc(F)cc3C#N)c21. The molecule has 0 bridgehead atoms. The zero-order valence-electron chi connectivity index (χ0n) is 11.6. The number of nitriles is 1. The number of imidazole rings is 1. The molecule has 0 spiro atoms. The van der Waals surface area contributed by atoms with Crippen LogP contribution in [0, 0.1) is 24.1 Å². The maximum absolute atomic E-state index is 13.3. The van der Waals surface area contributed by atoms with Crippen molar-refractivity contribution in [2.75, 3.05) is 5.73 Å². The quantitative estimate of drug-likeness (QED) is 0.781. The smallest absolute Gasteiger partial charge is 0.207 e. The molecule has 3 aromatic rings. The van der Waals surface area contributed by atoms with Gasteiger partial charge in [-0.15, -0.1) is 0 Å². The highest BCUT2D eigenvalue weighted by Gasteiger charge is 2.19. The van der Waals surface area contributed by atoms with Crippen LogP contribution in [0.25, 0.3) is 16.9 Å². The van der Waals surface area contributed by atoms with Gasteiger partial charge in [0.25, 0.3) is 0 Å². The Labute approximate surface area is 120 Å². The molecule has 1 aromatic carbocycles. The van der Waals surface area contributed by atoms with Crippen molar-refractivity contribution in [1.29, 1.82) is 5.26 Å². The summed E-state index contributed by atoms with van der Waals surface area (Å²) in [7, 11) is 0. The number of anilines is 1. The Kier molecular flexibility index (Phi) is 2.87. The largest absolute Gasteiger partial charge is 0.369 e. The molecule has 0 saturated heterocycles. The topological polar surface area (TPSA) is 85.5 Å². The third kappa shape index (κ3) is 1.84. The molecule has 0 radical (unpaired) electrons. The van der Waals surface area contributed by atoms with E-state index in [2.05, 4.69) is 10.1 Å². The van der Waals surface area contributed by atoms with E-state index in [1.807, 2.05) is 19.9 Å². The minimum absolute atomic E-state index is 0.197. The number of aromatic nitrogens is 4. The highest BCUT2D eigenvalue weighted by molar-refractivity contribution is 5.80. The van der Waals surface area contributed by atoms with Gasteiger partial charge in [-0.2, -0.15) is 10.4 Å². The predicted octanol–water partition coefficient (Wildman–Crippen LogP) is 2.14. The second kappa shape index (κ2) is 4.59. The third-order valence-corrected chi connectivity index (χ3v) is 3.36. The van der Waals surface area contributed by atoms with E-state index in [0.29, 0.717) is 23.4 Å². The van der Waals surface area contributed by atoms with Gasteiger partial charge in [0.2, 0.25) is 5.95 Å². The molecule has 0 aliphatic rings. The summed E-state index contributed by atoms with van der Waals surface area (Å²) in [5, 5.41) is 13.6. The van der Waals surface area contributed by atoms with E-state index >= 15 is 0 Å². The summed E-state index contributed by atoms with van der Waals surface area (Å²) in [4.78, 5) is 4.31. The van der Waals surface area contributed by atoms with Crippen LogP contribution in [0.15, 0.2) is 18.2 Å². The van der Waals surface area contributed by atoms with Crippen molar-refractivity contribution in [2.45, 2.75) is 20.4 Å². The lowest BCUT2D eigenvalue weighted by Gasteiger charge is -2.09. The van der Waals surface area contributed by atoms with E-state index in [-0.39, 0.29) is 11.5 Å². The fraction of sp³-hybridized carbons (Fsp3) is 0.214.